The number of guanidine groups is 1. The summed E-state index contributed by atoms with van der Waals surface area (Å²) in [4.78, 5) is 5.56. The average Bonchev–Trinajstić information content (AvgIpc) is 2.88. The zero-order valence-corrected chi connectivity index (χ0v) is 12.4. The van der Waals surface area contributed by atoms with Crippen molar-refractivity contribution < 1.29 is 4.74 Å². The van der Waals surface area contributed by atoms with Crippen LogP contribution in [-0.4, -0.2) is 39.8 Å². The fourth-order valence-electron chi connectivity index (χ4n) is 1.55. The number of hydrogen-bond acceptors (Lipinski definition) is 3. The van der Waals surface area contributed by atoms with Gasteiger partial charge in [0, 0.05) is 37.5 Å². The van der Waals surface area contributed by atoms with Crippen LogP contribution in [-0.2, 0) is 10.2 Å². The number of rotatable bonds is 6. The van der Waals surface area contributed by atoms with E-state index in [2.05, 4.69) is 47.0 Å². The molecule has 0 saturated heterocycles. The highest BCUT2D eigenvalue weighted by atomic mass is 32.1. The van der Waals surface area contributed by atoms with Crippen molar-refractivity contribution in [2.75, 3.05) is 33.9 Å². The van der Waals surface area contributed by atoms with Gasteiger partial charge < -0.3 is 15.4 Å². The van der Waals surface area contributed by atoms with Gasteiger partial charge in [-0.2, -0.15) is 0 Å². The van der Waals surface area contributed by atoms with E-state index in [1.165, 1.54) is 4.88 Å². The summed E-state index contributed by atoms with van der Waals surface area (Å²) in [6.45, 7) is 6.74. The topological polar surface area (TPSA) is 45.7 Å². The van der Waals surface area contributed by atoms with Gasteiger partial charge in [-0.25, -0.2) is 0 Å². The number of thiophene rings is 1. The Bertz CT molecular complexity index is 360. The lowest BCUT2D eigenvalue weighted by molar-refractivity contribution is 0.203. The Labute approximate surface area is 113 Å². The minimum absolute atomic E-state index is 0.104. The van der Waals surface area contributed by atoms with E-state index in [1.807, 2.05) is 0 Å². The molecule has 1 rings (SSSR count). The van der Waals surface area contributed by atoms with Gasteiger partial charge in [0.25, 0.3) is 0 Å². The van der Waals surface area contributed by atoms with Crippen molar-refractivity contribution in [2.45, 2.75) is 19.3 Å². The molecule has 0 aliphatic carbocycles. The number of nitrogens with zero attached hydrogens (tertiary/aromatic N) is 1. The van der Waals surface area contributed by atoms with E-state index in [9.17, 15) is 0 Å². The molecule has 0 aliphatic rings. The summed E-state index contributed by atoms with van der Waals surface area (Å²) >= 11 is 1.79. The lowest BCUT2D eigenvalue weighted by atomic mass is 9.91. The summed E-state index contributed by atoms with van der Waals surface area (Å²) < 4.78 is 5.00. The molecule has 102 valence electrons. The maximum Gasteiger partial charge on any atom is 0.191 e. The van der Waals surface area contributed by atoms with Gasteiger partial charge in [-0.3, -0.25) is 4.99 Å². The summed E-state index contributed by atoms with van der Waals surface area (Å²) in [6.07, 6.45) is 0. The van der Waals surface area contributed by atoms with Crippen molar-refractivity contribution in [3.63, 3.8) is 0 Å². The van der Waals surface area contributed by atoms with E-state index >= 15 is 0 Å². The molecule has 18 heavy (non-hydrogen) atoms. The van der Waals surface area contributed by atoms with E-state index in [0.29, 0.717) is 6.61 Å². The smallest absolute Gasteiger partial charge is 0.191 e. The van der Waals surface area contributed by atoms with Crippen LogP contribution >= 0.6 is 11.3 Å². The lowest BCUT2D eigenvalue weighted by Crippen LogP contribution is -2.44. The van der Waals surface area contributed by atoms with Gasteiger partial charge in [0.1, 0.15) is 0 Å². The van der Waals surface area contributed by atoms with Crippen LogP contribution in [0.3, 0.4) is 0 Å². The Kier molecular flexibility index (Phi) is 6.15. The second kappa shape index (κ2) is 7.38. The molecule has 0 spiro atoms. The first-order chi connectivity index (χ1) is 8.60. The molecule has 0 bridgehead atoms. The summed E-state index contributed by atoms with van der Waals surface area (Å²) in [5.41, 5.74) is 0.104. The molecule has 0 fully saturated rings. The molecule has 0 unspecified atom stereocenters. The SMILES string of the molecule is CN=C(NCCOC)NCC(C)(C)c1cccs1. The highest BCUT2D eigenvalue weighted by molar-refractivity contribution is 7.10. The molecule has 0 aliphatic heterocycles. The molecule has 1 heterocycles. The first kappa shape index (κ1) is 15.0. The van der Waals surface area contributed by atoms with Gasteiger partial charge in [-0.15, -0.1) is 11.3 Å². The van der Waals surface area contributed by atoms with Crippen LogP contribution < -0.4 is 10.6 Å². The van der Waals surface area contributed by atoms with Crippen LogP contribution in [0, 0.1) is 0 Å². The average molecular weight is 269 g/mol. The van der Waals surface area contributed by atoms with Crippen molar-refractivity contribution >= 4 is 17.3 Å². The van der Waals surface area contributed by atoms with Crippen LogP contribution in [0.25, 0.3) is 0 Å². The first-order valence-electron chi connectivity index (χ1n) is 6.07. The maximum atomic E-state index is 5.00. The number of nitrogens with one attached hydrogen (secondary N) is 2. The molecular formula is C13H23N3OS. The van der Waals surface area contributed by atoms with Crippen molar-refractivity contribution in [1.29, 1.82) is 0 Å². The van der Waals surface area contributed by atoms with Crippen LogP contribution in [0.5, 0.6) is 0 Å². The van der Waals surface area contributed by atoms with Gasteiger partial charge in [0.15, 0.2) is 5.96 Å². The molecule has 0 radical (unpaired) electrons. The number of aliphatic imine (C=N–C) groups is 1. The van der Waals surface area contributed by atoms with Crippen LogP contribution in [0.2, 0.25) is 0 Å². The third-order valence-electron chi connectivity index (χ3n) is 2.71. The van der Waals surface area contributed by atoms with E-state index in [-0.39, 0.29) is 5.41 Å². The predicted molar refractivity (Wildman–Crippen MR) is 78.6 cm³/mol. The Balaban J connectivity index is 2.43. The Morgan fingerprint density at radius 1 is 1.44 bits per heavy atom. The van der Waals surface area contributed by atoms with Gasteiger partial charge in [-0.1, -0.05) is 19.9 Å². The molecule has 1 aromatic heterocycles. The van der Waals surface area contributed by atoms with Crippen LogP contribution in [0.1, 0.15) is 18.7 Å². The quantitative estimate of drug-likeness (QED) is 0.470. The van der Waals surface area contributed by atoms with E-state index < -0.39 is 0 Å². The van der Waals surface area contributed by atoms with E-state index in [1.54, 1.807) is 25.5 Å². The summed E-state index contributed by atoms with van der Waals surface area (Å²) in [6, 6.07) is 4.26. The standard InChI is InChI=1S/C13H23N3OS/c1-13(2,11-6-5-9-18-11)10-16-12(14-3)15-7-8-17-4/h5-6,9H,7-8,10H2,1-4H3,(H2,14,15,16). The summed E-state index contributed by atoms with van der Waals surface area (Å²) in [5, 5.41) is 8.67. The van der Waals surface area contributed by atoms with Crippen molar-refractivity contribution in [3.8, 4) is 0 Å². The fourth-order valence-corrected chi connectivity index (χ4v) is 2.40. The summed E-state index contributed by atoms with van der Waals surface area (Å²) in [7, 11) is 3.47. The maximum absolute atomic E-state index is 5.00. The first-order valence-corrected chi connectivity index (χ1v) is 6.95. The van der Waals surface area contributed by atoms with Crippen molar-refractivity contribution in [2.24, 2.45) is 4.99 Å². The Hall–Kier alpha value is -1.07. The third kappa shape index (κ3) is 4.66. The highest BCUT2D eigenvalue weighted by Gasteiger charge is 2.21. The Morgan fingerprint density at radius 2 is 2.22 bits per heavy atom. The highest BCUT2D eigenvalue weighted by Crippen LogP contribution is 2.26. The minimum atomic E-state index is 0.104. The molecule has 1 aromatic rings. The molecule has 5 heteroatoms. The molecule has 4 nitrogen and oxygen atoms in total. The normalized spacial score (nSPS) is 12.6. The third-order valence-corrected chi connectivity index (χ3v) is 3.94. The molecular weight excluding hydrogens is 246 g/mol. The van der Waals surface area contributed by atoms with Crippen LogP contribution in [0.15, 0.2) is 22.5 Å². The number of hydrogen-bond donors (Lipinski definition) is 2. The zero-order chi connectivity index (χ0) is 13.4. The van der Waals surface area contributed by atoms with Gasteiger partial charge in [-0.05, 0) is 11.4 Å². The zero-order valence-electron chi connectivity index (χ0n) is 11.6. The number of methoxy groups -OCH3 is 1. The molecule has 2 N–H and O–H groups in total. The van der Waals surface area contributed by atoms with E-state index in [0.717, 1.165) is 19.0 Å². The summed E-state index contributed by atoms with van der Waals surface area (Å²) in [5.74, 6) is 0.816. The molecule has 0 aromatic carbocycles. The second-order valence-electron chi connectivity index (χ2n) is 4.71. The van der Waals surface area contributed by atoms with E-state index in [4.69, 9.17) is 4.74 Å². The second-order valence-corrected chi connectivity index (χ2v) is 5.65. The van der Waals surface area contributed by atoms with Gasteiger partial charge in [0.2, 0.25) is 0 Å². The predicted octanol–water partition coefficient (Wildman–Crippen LogP) is 1.84. The fraction of sp³-hybridized carbons (Fsp3) is 0.615. The van der Waals surface area contributed by atoms with Crippen LogP contribution in [0.4, 0.5) is 0 Å². The monoisotopic (exact) mass is 269 g/mol. The molecule has 0 atom stereocenters. The lowest BCUT2D eigenvalue weighted by Gasteiger charge is -2.25. The largest absolute Gasteiger partial charge is 0.383 e. The number of ether oxygens (including phenoxy) is 1. The molecule has 0 amide bonds. The molecule has 0 saturated carbocycles. The van der Waals surface area contributed by atoms with Gasteiger partial charge >= 0.3 is 0 Å². The minimum Gasteiger partial charge on any atom is -0.383 e. The van der Waals surface area contributed by atoms with Crippen molar-refractivity contribution in [3.05, 3.63) is 22.4 Å². The Morgan fingerprint density at radius 3 is 2.78 bits per heavy atom. The van der Waals surface area contributed by atoms with Crippen molar-refractivity contribution in [1.82, 2.24) is 10.6 Å². The van der Waals surface area contributed by atoms with Gasteiger partial charge in [0.05, 0.1) is 6.61 Å².